The minimum absolute atomic E-state index is 0.268. The van der Waals surface area contributed by atoms with Crippen molar-refractivity contribution in [2.24, 2.45) is 0 Å². The molecule has 1 heterocycles. The van der Waals surface area contributed by atoms with Gasteiger partial charge >= 0.3 is 0 Å². The van der Waals surface area contributed by atoms with Gasteiger partial charge in [0.05, 0.1) is 23.4 Å². The van der Waals surface area contributed by atoms with Crippen molar-refractivity contribution >= 4 is 23.2 Å². The van der Waals surface area contributed by atoms with E-state index >= 15 is 0 Å². The molecule has 0 bridgehead atoms. The zero-order chi connectivity index (χ0) is 13.8. The zero-order valence-corrected chi connectivity index (χ0v) is 10.8. The van der Waals surface area contributed by atoms with Crippen LogP contribution < -0.4 is 15.6 Å². The number of methoxy groups -OCH3 is 1. The van der Waals surface area contributed by atoms with E-state index in [2.05, 4.69) is 10.3 Å². The molecule has 0 saturated carbocycles. The lowest BCUT2D eigenvalue weighted by atomic mass is 10.2. The highest BCUT2D eigenvalue weighted by Crippen LogP contribution is 2.26. The molecule has 0 fully saturated rings. The van der Waals surface area contributed by atoms with Gasteiger partial charge in [-0.1, -0.05) is 11.6 Å². The number of hydrogen-bond acceptors (Lipinski definition) is 3. The second-order valence-electron chi connectivity index (χ2n) is 3.74. The summed E-state index contributed by atoms with van der Waals surface area (Å²) < 4.78 is 5.06. The van der Waals surface area contributed by atoms with E-state index in [0.29, 0.717) is 22.0 Å². The molecule has 0 atom stereocenters. The van der Waals surface area contributed by atoms with Crippen molar-refractivity contribution in [3.8, 4) is 5.75 Å². The lowest BCUT2D eigenvalue weighted by Crippen LogP contribution is -2.14. The van der Waals surface area contributed by atoms with Gasteiger partial charge in [-0.2, -0.15) is 0 Å². The SMILES string of the molecule is COc1ccc(Cl)c(NC(=O)c2ccc(=O)[nH]c2)c1. The number of ether oxygens (including phenoxy) is 1. The van der Waals surface area contributed by atoms with Crippen LogP contribution in [0.2, 0.25) is 5.02 Å². The van der Waals surface area contributed by atoms with Gasteiger partial charge in [-0.25, -0.2) is 0 Å². The van der Waals surface area contributed by atoms with Crippen molar-refractivity contribution in [2.45, 2.75) is 0 Å². The third-order valence-corrected chi connectivity index (χ3v) is 2.80. The summed E-state index contributed by atoms with van der Waals surface area (Å²) >= 11 is 5.98. The number of anilines is 1. The second-order valence-corrected chi connectivity index (χ2v) is 4.15. The Morgan fingerprint density at radius 3 is 2.74 bits per heavy atom. The molecule has 2 rings (SSSR count). The van der Waals surface area contributed by atoms with Crippen molar-refractivity contribution in [3.05, 3.63) is 57.5 Å². The molecule has 0 aliphatic carbocycles. The largest absolute Gasteiger partial charge is 0.497 e. The Labute approximate surface area is 114 Å². The number of pyridine rings is 1. The van der Waals surface area contributed by atoms with E-state index in [4.69, 9.17) is 16.3 Å². The molecule has 1 amide bonds. The topological polar surface area (TPSA) is 71.2 Å². The Hall–Kier alpha value is -2.27. The van der Waals surface area contributed by atoms with Crippen LogP contribution in [-0.4, -0.2) is 18.0 Å². The van der Waals surface area contributed by atoms with Gasteiger partial charge in [0.2, 0.25) is 5.56 Å². The van der Waals surface area contributed by atoms with Crippen LogP contribution in [0.1, 0.15) is 10.4 Å². The van der Waals surface area contributed by atoms with E-state index < -0.39 is 0 Å². The Morgan fingerprint density at radius 1 is 1.32 bits per heavy atom. The predicted molar refractivity (Wildman–Crippen MR) is 73.0 cm³/mol. The number of rotatable bonds is 3. The Bertz CT molecular complexity index is 647. The minimum Gasteiger partial charge on any atom is -0.497 e. The van der Waals surface area contributed by atoms with E-state index in [0.717, 1.165) is 0 Å². The third-order valence-electron chi connectivity index (χ3n) is 2.47. The molecule has 0 aliphatic rings. The van der Waals surface area contributed by atoms with E-state index in [1.165, 1.54) is 25.4 Å². The molecule has 98 valence electrons. The molecule has 5 nitrogen and oxygen atoms in total. The molecule has 1 aromatic heterocycles. The maximum atomic E-state index is 11.9. The summed E-state index contributed by atoms with van der Waals surface area (Å²) in [6.45, 7) is 0. The summed E-state index contributed by atoms with van der Waals surface area (Å²) in [7, 11) is 1.52. The van der Waals surface area contributed by atoms with Crippen LogP contribution >= 0.6 is 11.6 Å². The molecule has 0 unspecified atom stereocenters. The smallest absolute Gasteiger partial charge is 0.257 e. The van der Waals surface area contributed by atoms with Gasteiger partial charge in [0.15, 0.2) is 0 Å². The number of aromatic nitrogens is 1. The Balaban J connectivity index is 2.23. The third kappa shape index (κ3) is 3.14. The minimum atomic E-state index is -0.369. The normalized spacial score (nSPS) is 10.0. The molecular weight excluding hydrogens is 268 g/mol. The maximum Gasteiger partial charge on any atom is 0.257 e. The van der Waals surface area contributed by atoms with Gasteiger partial charge in [-0.15, -0.1) is 0 Å². The monoisotopic (exact) mass is 278 g/mol. The van der Waals surface area contributed by atoms with Crippen LogP contribution in [0, 0.1) is 0 Å². The van der Waals surface area contributed by atoms with Gasteiger partial charge in [-0.3, -0.25) is 9.59 Å². The molecule has 1 aromatic carbocycles. The number of carbonyl (C=O) groups is 1. The number of halogens is 1. The van der Waals surface area contributed by atoms with Crippen LogP contribution in [0.3, 0.4) is 0 Å². The van der Waals surface area contributed by atoms with Crippen LogP contribution in [0.4, 0.5) is 5.69 Å². The fourth-order valence-electron chi connectivity index (χ4n) is 1.47. The molecular formula is C13H11ClN2O3. The molecule has 2 N–H and O–H groups in total. The lowest BCUT2D eigenvalue weighted by molar-refractivity contribution is 0.102. The Morgan fingerprint density at radius 2 is 2.11 bits per heavy atom. The van der Waals surface area contributed by atoms with Crippen LogP contribution in [0.5, 0.6) is 5.75 Å². The predicted octanol–water partition coefficient (Wildman–Crippen LogP) is 2.29. The van der Waals surface area contributed by atoms with Crippen molar-refractivity contribution in [2.75, 3.05) is 12.4 Å². The van der Waals surface area contributed by atoms with E-state index in [9.17, 15) is 9.59 Å². The van der Waals surface area contributed by atoms with Crippen LogP contribution in [0.25, 0.3) is 0 Å². The lowest BCUT2D eigenvalue weighted by Gasteiger charge is -2.08. The van der Waals surface area contributed by atoms with Crippen molar-refractivity contribution in [1.29, 1.82) is 0 Å². The molecule has 6 heteroatoms. The summed E-state index contributed by atoms with van der Waals surface area (Å²) in [5, 5.41) is 3.05. The van der Waals surface area contributed by atoms with Crippen LogP contribution in [-0.2, 0) is 0 Å². The van der Waals surface area contributed by atoms with Gasteiger partial charge in [0.25, 0.3) is 5.91 Å². The summed E-state index contributed by atoms with van der Waals surface area (Å²) in [4.78, 5) is 25.3. The van der Waals surface area contributed by atoms with E-state index in [1.54, 1.807) is 18.2 Å². The zero-order valence-electron chi connectivity index (χ0n) is 10.1. The Kier molecular flexibility index (Phi) is 3.87. The number of benzene rings is 1. The van der Waals surface area contributed by atoms with Gasteiger partial charge in [0.1, 0.15) is 5.75 Å². The van der Waals surface area contributed by atoms with Crippen molar-refractivity contribution in [3.63, 3.8) is 0 Å². The molecule has 2 aromatic rings. The summed E-state index contributed by atoms with van der Waals surface area (Å²) in [6, 6.07) is 7.65. The fraction of sp³-hybridized carbons (Fsp3) is 0.0769. The van der Waals surface area contributed by atoms with Gasteiger partial charge in [-0.05, 0) is 18.2 Å². The second kappa shape index (κ2) is 5.58. The number of aromatic amines is 1. The molecule has 0 saturated heterocycles. The average molecular weight is 279 g/mol. The first-order chi connectivity index (χ1) is 9.10. The average Bonchev–Trinajstić information content (AvgIpc) is 2.42. The standard InChI is InChI=1S/C13H11ClN2O3/c1-19-9-3-4-10(14)11(6-9)16-13(18)8-2-5-12(17)15-7-8/h2-7H,1H3,(H,15,17)(H,16,18). The van der Waals surface area contributed by atoms with Gasteiger partial charge in [0, 0.05) is 18.3 Å². The number of amides is 1. The highest BCUT2D eigenvalue weighted by Gasteiger charge is 2.09. The maximum absolute atomic E-state index is 11.9. The van der Waals surface area contributed by atoms with Crippen LogP contribution in [0.15, 0.2) is 41.3 Å². The first kappa shape index (κ1) is 13.2. The van der Waals surface area contributed by atoms with Crippen molar-refractivity contribution < 1.29 is 9.53 Å². The van der Waals surface area contributed by atoms with Gasteiger partial charge < -0.3 is 15.0 Å². The van der Waals surface area contributed by atoms with E-state index in [-0.39, 0.29) is 11.5 Å². The van der Waals surface area contributed by atoms with E-state index in [1.807, 2.05) is 0 Å². The quantitative estimate of drug-likeness (QED) is 0.905. The highest BCUT2D eigenvalue weighted by atomic mass is 35.5. The van der Waals surface area contributed by atoms with Crippen molar-refractivity contribution in [1.82, 2.24) is 4.98 Å². The summed E-state index contributed by atoms with van der Waals surface area (Å²) in [6.07, 6.45) is 1.34. The highest BCUT2D eigenvalue weighted by molar-refractivity contribution is 6.34. The number of hydrogen-bond donors (Lipinski definition) is 2. The first-order valence-corrected chi connectivity index (χ1v) is 5.81. The number of carbonyl (C=O) groups excluding carboxylic acids is 1. The summed E-state index contributed by atoms with van der Waals surface area (Å²) in [5.74, 6) is 0.215. The molecule has 0 radical (unpaired) electrons. The first-order valence-electron chi connectivity index (χ1n) is 5.44. The number of H-pyrrole nitrogens is 1. The molecule has 19 heavy (non-hydrogen) atoms. The molecule has 0 spiro atoms. The number of nitrogens with one attached hydrogen (secondary N) is 2. The fourth-order valence-corrected chi connectivity index (χ4v) is 1.64. The summed E-state index contributed by atoms with van der Waals surface area (Å²) in [5.41, 5.74) is 0.506. The molecule has 0 aliphatic heterocycles.